The average Bonchev–Trinajstić information content (AvgIpc) is 3.69. The molecule has 1 aromatic carbocycles. The van der Waals surface area contributed by atoms with Crippen molar-refractivity contribution in [3.8, 4) is 0 Å². The Hall–Kier alpha value is -3.04. The highest BCUT2D eigenvalue weighted by Crippen LogP contribution is 2.42. The molecule has 4 rings (SSSR count). The highest BCUT2D eigenvalue weighted by molar-refractivity contribution is 5.90. The van der Waals surface area contributed by atoms with E-state index in [4.69, 9.17) is 14.2 Å². The Labute approximate surface area is 231 Å². The number of methoxy groups -OCH3 is 1. The molecule has 9 nitrogen and oxygen atoms in total. The maximum Gasteiger partial charge on any atom is 0.407 e. The first-order valence-corrected chi connectivity index (χ1v) is 13.9. The lowest BCUT2D eigenvalue weighted by Crippen LogP contribution is -2.67. The number of aryl methyl sites for hydroxylation is 1. The summed E-state index contributed by atoms with van der Waals surface area (Å²) < 4.78 is 19.4. The molecular formula is C30H43N3O6. The Balaban J connectivity index is 1.71. The molecule has 2 fully saturated rings. The number of carbonyl (C=O) groups excluding carboxylic acids is 1. The molecule has 9 heteroatoms. The van der Waals surface area contributed by atoms with Gasteiger partial charge in [-0.15, -0.1) is 0 Å². The number of hydrogen-bond acceptors (Lipinski definition) is 5. The van der Waals surface area contributed by atoms with Crippen LogP contribution < -0.4 is 0 Å². The second-order valence-corrected chi connectivity index (χ2v) is 11.6. The molecule has 214 valence electrons. The quantitative estimate of drug-likeness (QED) is 0.319. The van der Waals surface area contributed by atoms with Crippen molar-refractivity contribution in [2.75, 3.05) is 40.0 Å². The fourth-order valence-corrected chi connectivity index (χ4v) is 5.45. The first-order valence-electron chi connectivity index (χ1n) is 13.9. The zero-order chi connectivity index (χ0) is 28.4. The van der Waals surface area contributed by atoms with Crippen LogP contribution in [0.25, 0.3) is 16.7 Å². The average molecular weight is 542 g/mol. The Morgan fingerprint density at radius 2 is 2.03 bits per heavy atom. The fraction of sp³-hybridized carbons (Fsp3) is 0.600. The summed E-state index contributed by atoms with van der Waals surface area (Å²) in [6, 6.07) is 6.30. The van der Waals surface area contributed by atoms with Gasteiger partial charge >= 0.3 is 6.09 Å². The number of carbonyl (C=O) groups is 2. The van der Waals surface area contributed by atoms with E-state index in [1.54, 1.807) is 7.11 Å². The molecule has 1 saturated heterocycles. The summed E-state index contributed by atoms with van der Waals surface area (Å²) in [4.78, 5) is 29.6. The Morgan fingerprint density at radius 1 is 1.28 bits per heavy atom. The number of carboxylic acid groups (broad SMARTS) is 1. The molecule has 0 radical (unpaired) electrons. The van der Waals surface area contributed by atoms with Crippen LogP contribution in [-0.4, -0.2) is 83.1 Å². The van der Waals surface area contributed by atoms with E-state index >= 15 is 0 Å². The van der Waals surface area contributed by atoms with Crippen molar-refractivity contribution in [1.82, 2.24) is 14.4 Å². The summed E-state index contributed by atoms with van der Waals surface area (Å²) in [7, 11) is 1.70. The molecule has 1 atom stereocenters. The smallest absolute Gasteiger partial charge is 0.407 e. The van der Waals surface area contributed by atoms with E-state index in [-0.39, 0.29) is 31.6 Å². The maximum absolute atomic E-state index is 14.4. The summed E-state index contributed by atoms with van der Waals surface area (Å²) >= 11 is 0. The maximum atomic E-state index is 14.4. The van der Waals surface area contributed by atoms with E-state index in [2.05, 4.69) is 29.5 Å². The van der Waals surface area contributed by atoms with Crippen LogP contribution >= 0.6 is 0 Å². The van der Waals surface area contributed by atoms with Crippen LogP contribution in [0.3, 0.4) is 0 Å². The van der Waals surface area contributed by atoms with Crippen molar-refractivity contribution in [3.63, 3.8) is 0 Å². The molecule has 1 aliphatic heterocycles. The largest absolute Gasteiger partial charge is 0.494 e. The number of rotatable bonds is 11. The van der Waals surface area contributed by atoms with Crippen molar-refractivity contribution in [2.24, 2.45) is 5.41 Å². The predicted octanol–water partition coefficient (Wildman–Crippen LogP) is 4.97. The minimum absolute atomic E-state index is 0.0234. The minimum atomic E-state index is -1.26. The Kier molecular flexibility index (Phi) is 8.61. The molecule has 1 saturated carbocycles. The van der Waals surface area contributed by atoms with Crippen LogP contribution in [-0.2, 0) is 32.1 Å². The monoisotopic (exact) mass is 541 g/mol. The number of amides is 2. The number of fused-ring (bicyclic) bond motifs is 1. The molecule has 1 aromatic heterocycles. The molecule has 2 heterocycles. The van der Waals surface area contributed by atoms with Gasteiger partial charge in [-0.05, 0) is 37.8 Å². The van der Waals surface area contributed by atoms with Gasteiger partial charge in [-0.3, -0.25) is 4.79 Å². The van der Waals surface area contributed by atoms with Gasteiger partial charge in [0.1, 0.15) is 5.76 Å². The normalized spacial score (nSPS) is 19.8. The lowest BCUT2D eigenvalue weighted by molar-refractivity contribution is -0.192. The minimum Gasteiger partial charge on any atom is -0.494 e. The molecule has 0 bridgehead atoms. The highest BCUT2D eigenvalue weighted by atomic mass is 16.5. The number of hydrogen-bond donors (Lipinski definition) is 1. The highest BCUT2D eigenvalue weighted by Gasteiger charge is 2.56. The number of ether oxygens (including phenoxy) is 3. The van der Waals surface area contributed by atoms with E-state index in [1.807, 2.05) is 38.7 Å². The second kappa shape index (κ2) is 11.6. The lowest BCUT2D eigenvalue weighted by atomic mass is 9.74. The van der Waals surface area contributed by atoms with Crippen LogP contribution in [0.15, 0.2) is 31.0 Å². The SMILES string of the molecule is C=C(OCC)c1ccc2c(CN(C(=O)[C@@]3(C(C)(C)C)CN(C(=O)O)CCO3)C3CC3)cn(CCCOC)c2c1. The molecule has 2 aliphatic rings. The van der Waals surface area contributed by atoms with Gasteiger partial charge in [0.2, 0.25) is 0 Å². The van der Waals surface area contributed by atoms with Crippen LogP contribution in [0.2, 0.25) is 0 Å². The number of morpholine rings is 1. The van der Waals surface area contributed by atoms with E-state index in [9.17, 15) is 14.7 Å². The van der Waals surface area contributed by atoms with Gasteiger partial charge in [0, 0.05) is 67.5 Å². The number of aromatic nitrogens is 1. The summed E-state index contributed by atoms with van der Waals surface area (Å²) in [6.07, 6.45) is 3.82. The second-order valence-electron chi connectivity index (χ2n) is 11.6. The van der Waals surface area contributed by atoms with Crippen molar-refractivity contribution < 1.29 is 28.9 Å². The molecular weight excluding hydrogens is 498 g/mol. The third-order valence-electron chi connectivity index (χ3n) is 7.89. The first-order chi connectivity index (χ1) is 18.5. The lowest BCUT2D eigenvalue weighted by Gasteiger charge is -2.50. The van der Waals surface area contributed by atoms with Crippen LogP contribution in [0.5, 0.6) is 0 Å². The van der Waals surface area contributed by atoms with Crippen molar-refractivity contribution >= 4 is 28.7 Å². The zero-order valence-corrected chi connectivity index (χ0v) is 24.0. The standard InChI is InChI=1S/C30H43N3O6/c1-7-38-21(2)22-9-12-25-23(18-31(26(25)17-22)13-8-15-37-6)19-33(24-10-11-24)27(34)30(29(3,4)5)20-32(28(35)36)14-16-39-30/h9,12,17-18,24H,2,7-8,10-11,13-16,19-20H2,1,3-6H3,(H,35,36)/t30-/m1/s1. The van der Waals surface area contributed by atoms with Crippen molar-refractivity contribution in [1.29, 1.82) is 0 Å². The van der Waals surface area contributed by atoms with Crippen molar-refractivity contribution in [3.05, 3.63) is 42.1 Å². The van der Waals surface area contributed by atoms with E-state index in [1.165, 1.54) is 4.90 Å². The zero-order valence-electron chi connectivity index (χ0n) is 24.0. The summed E-state index contributed by atoms with van der Waals surface area (Å²) in [5.41, 5.74) is 1.16. The van der Waals surface area contributed by atoms with E-state index in [0.29, 0.717) is 25.5 Å². The van der Waals surface area contributed by atoms with Crippen molar-refractivity contribution in [2.45, 2.75) is 71.7 Å². The molecule has 1 N–H and O–H groups in total. The molecule has 39 heavy (non-hydrogen) atoms. The molecule has 0 spiro atoms. The van der Waals surface area contributed by atoms with Gasteiger partial charge in [-0.2, -0.15) is 0 Å². The Morgan fingerprint density at radius 3 is 2.64 bits per heavy atom. The van der Waals surface area contributed by atoms with E-state index in [0.717, 1.165) is 47.8 Å². The first kappa shape index (κ1) is 29.0. The van der Waals surface area contributed by atoms with Crippen LogP contribution in [0, 0.1) is 5.41 Å². The molecule has 0 unspecified atom stereocenters. The van der Waals surface area contributed by atoms with Gasteiger partial charge in [0.15, 0.2) is 5.60 Å². The third kappa shape index (κ3) is 5.94. The van der Waals surface area contributed by atoms with Gasteiger partial charge in [0.25, 0.3) is 5.91 Å². The molecule has 2 aromatic rings. The molecule has 2 amide bonds. The van der Waals surface area contributed by atoms with Gasteiger partial charge in [-0.1, -0.05) is 39.5 Å². The number of benzene rings is 1. The number of nitrogens with zero attached hydrogens (tertiary/aromatic N) is 3. The topological polar surface area (TPSA) is 93.5 Å². The summed E-state index contributed by atoms with van der Waals surface area (Å²) in [5, 5.41) is 10.8. The predicted molar refractivity (Wildman–Crippen MR) is 150 cm³/mol. The van der Waals surface area contributed by atoms with Gasteiger partial charge in [-0.25, -0.2) is 4.79 Å². The van der Waals surface area contributed by atoms with Crippen LogP contribution in [0.4, 0.5) is 4.79 Å². The third-order valence-corrected chi connectivity index (χ3v) is 7.89. The Bertz CT molecular complexity index is 1210. The summed E-state index contributed by atoms with van der Waals surface area (Å²) in [5.74, 6) is 0.495. The van der Waals surface area contributed by atoms with Gasteiger partial charge < -0.3 is 33.7 Å². The van der Waals surface area contributed by atoms with E-state index < -0.39 is 17.1 Å². The van der Waals surface area contributed by atoms with Gasteiger partial charge in [0.05, 0.1) is 19.8 Å². The fourth-order valence-electron chi connectivity index (χ4n) is 5.45. The molecule has 1 aliphatic carbocycles. The summed E-state index contributed by atoms with van der Waals surface area (Å²) in [6.45, 7) is 14.7. The van der Waals surface area contributed by atoms with Crippen LogP contribution in [0.1, 0.15) is 58.1 Å².